The van der Waals surface area contributed by atoms with Crippen molar-refractivity contribution in [2.24, 2.45) is 0 Å². The number of rotatable bonds is 2. The first-order chi connectivity index (χ1) is 5.65. The van der Waals surface area contributed by atoms with Crippen LogP contribution in [0.4, 0.5) is 0 Å². The summed E-state index contributed by atoms with van der Waals surface area (Å²) in [5.41, 5.74) is 1.70. The maximum absolute atomic E-state index is 11.2. The first-order valence-corrected chi connectivity index (χ1v) is 4.32. The van der Waals surface area contributed by atoms with Crippen molar-refractivity contribution in [3.63, 3.8) is 0 Å². The Bertz CT molecular complexity index is 305. The largest absolute Gasteiger partial charge is 0.294 e. The molecule has 0 bridgehead atoms. The minimum Gasteiger partial charge on any atom is -0.294 e. The summed E-state index contributed by atoms with van der Waals surface area (Å²) in [6.45, 7) is 3.75. The molecule has 0 spiro atoms. The van der Waals surface area contributed by atoms with Gasteiger partial charge in [0.05, 0.1) is 0 Å². The van der Waals surface area contributed by atoms with Crippen LogP contribution >= 0.6 is 11.6 Å². The Morgan fingerprint density at radius 1 is 1.50 bits per heavy atom. The molecule has 0 aromatic heterocycles. The van der Waals surface area contributed by atoms with Crippen LogP contribution in [-0.4, -0.2) is 5.78 Å². The van der Waals surface area contributed by atoms with Crippen LogP contribution in [0.15, 0.2) is 18.2 Å². The van der Waals surface area contributed by atoms with Crippen LogP contribution in [-0.2, 0) is 0 Å². The van der Waals surface area contributed by atoms with Crippen molar-refractivity contribution >= 4 is 17.4 Å². The highest BCUT2D eigenvalue weighted by Crippen LogP contribution is 2.16. The quantitative estimate of drug-likeness (QED) is 0.642. The van der Waals surface area contributed by atoms with Crippen LogP contribution in [0.25, 0.3) is 0 Å². The summed E-state index contributed by atoms with van der Waals surface area (Å²) in [6.07, 6.45) is 0.543. The molecule has 0 radical (unpaired) electrons. The van der Waals surface area contributed by atoms with Crippen molar-refractivity contribution in [3.8, 4) is 0 Å². The van der Waals surface area contributed by atoms with Crippen LogP contribution in [0, 0.1) is 6.92 Å². The first kappa shape index (κ1) is 9.27. The SMILES string of the molecule is CCC(=O)c1ccc(Cl)c(C)c1. The minimum atomic E-state index is 0.162. The summed E-state index contributed by atoms with van der Waals surface area (Å²) in [6, 6.07) is 5.36. The van der Waals surface area contributed by atoms with Gasteiger partial charge in [-0.1, -0.05) is 18.5 Å². The molecule has 0 atom stereocenters. The van der Waals surface area contributed by atoms with Crippen molar-refractivity contribution in [1.29, 1.82) is 0 Å². The van der Waals surface area contributed by atoms with E-state index in [1.165, 1.54) is 0 Å². The lowest BCUT2D eigenvalue weighted by Gasteiger charge is -2.00. The molecular weight excluding hydrogens is 172 g/mol. The van der Waals surface area contributed by atoms with Crippen molar-refractivity contribution in [2.75, 3.05) is 0 Å². The van der Waals surface area contributed by atoms with Gasteiger partial charge in [0.25, 0.3) is 0 Å². The fourth-order valence-corrected chi connectivity index (χ4v) is 1.14. The fraction of sp³-hybridized carbons (Fsp3) is 0.300. The maximum Gasteiger partial charge on any atom is 0.162 e. The van der Waals surface area contributed by atoms with Crippen molar-refractivity contribution in [3.05, 3.63) is 34.3 Å². The third-order valence-corrected chi connectivity index (χ3v) is 2.23. The van der Waals surface area contributed by atoms with Crippen LogP contribution in [0.2, 0.25) is 5.02 Å². The zero-order valence-corrected chi connectivity index (χ0v) is 7.98. The van der Waals surface area contributed by atoms with E-state index in [1.807, 2.05) is 19.9 Å². The van der Waals surface area contributed by atoms with E-state index in [4.69, 9.17) is 11.6 Å². The van der Waals surface area contributed by atoms with Gasteiger partial charge in [-0.2, -0.15) is 0 Å². The van der Waals surface area contributed by atoms with Gasteiger partial charge in [-0.15, -0.1) is 0 Å². The molecule has 1 rings (SSSR count). The molecular formula is C10H11ClO. The standard InChI is InChI=1S/C10H11ClO/c1-3-10(12)8-4-5-9(11)7(2)6-8/h4-6H,3H2,1-2H3. The van der Waals surface area contributed by atoms with Crippen molar-refractivity contribution in [1.82, 2.24) is 0 Å². The second-order valence-corrected chi connectivity index (χ2v) is 3.15. The molecule has 12 heavy (non-hydrogen) atoms. The molecule has 0 heterocycles. The van der Waals surface area contributed by atoms with Crippen LogP contribution < -0.4 is 0 Å². The Hall–Kier alpha value is -0.820. The summed E-state index contributed by atoms with van der Waals surface area (Å²) in [7, 11) is 0. The molecule has 64 valence electrons. The molecule has 0 aliphatic carbocycles. The highest BCUT2D eigenvalue weighted by Gasteiger charge is 2.03. The van der Waals surface area contributed by atoms with Crippen molar-refractivity contribution in [2.45, 2.75) is 20.3 Å². The average molecular weight is 183 g/mol. The Morgan fingerprint density at radius 3 is 2.67 bits per heavy atom. The number of carbonyl (C=O) groups excluding carboxylic acids is 1. The lowest BCUT2D eigenvalue weighted by Crippen LogP contribution is -1.96. The number of hydrogen-bond acceptors (Lipinski definition) is 1. The molecule has 2 heteroatoms. The Morgan fingerprint density at radius 2 is 2.17 bits per heavy atom. The molecule has 0 saturated carbocycles. The van der Waals surface area contributed by atoms with Crippen LogP contribution in [0.1, 0.15) is 29.3 Å². The molecule has 0 N–H and O–H groups in total. The monoisotopic (exact) mass is 182 g/mol. The summed E-state index contributed by atoms with van der Waals surface area (Å²) in [5.74, 6) is 0.162. The van der Waals surface area contributed by atoms with E-state index in [0.717, 1.165) is 11.1 Å². The topological polar surface area (TPSA) is 17.1 Å². The number of benzene rings is 1. The molecule has 0 amide bonds. The van der Waals surface area contributed by atoms with Gasteiger partial charge in [0.1, 0.15) is 0 Å². The normalized spacial score (nSPS) is 9.92. The smallest absolute Gasteiger partial charge is 0.162 e. The summed E-state index contributed by atoms with van der Waals surface area (Å²) < 4.78 is 0. The molecule has 0 fully saturated rings. The average Bonchev–Trinajstić information content (AvgIpc) is 2.08. The third-order valence-electron chi connectivity index (χ3n) is 1.80. The number of carbonyl (C=O) groups is 1. The maximum atomic E-state index is 11.2. The van der Waals surface area contributed by atoms with Gasteiger partial charge in [-0.05, 0) is 30.7 Å². The molecule has 0 unspecified atom stereocenters. The summed E-state index contributed by atoms with van der Waals surface area (Å²) >= 11 is 5.82. The molecule has 1 aromatic carbocycles. The summed E-state index contributed by atoms with van der Waals surface area (Å²) in [4.78, 5) is 11.2. The van der Waals surface area contributed by atoms with E-state index in [1.54, 1.807) is 12.1 Å². The highest BCUT2D eigenvalue weighted by molar-refractivity contribution is 6.31. The van der Waals surface area contributed by atoms with Crippen LogP contribution in [0.5, 0.6) is 0 Å². The highest BCUT2D eigenvalue weighted by atomic mass is 35.5. The first-order valence-electron chi connectivity index (χ1n) is 3.94. The Balaban J connectivity index is 3.05. The molecule has 1 nitrogen and oxygen atoms in total. The number of aryl methyl sites for hydroxylation is 1. The van der Waals surface area contributed by atoms with E-state index in [-0.39, 0.29) is 5.78 Å². The van der Waals surface area contributed by atoms with Crippen LogP contribution in [0.3, 0.4) is 0 Å². The van der Waals surface area contributed by atoms with E-state index in [2.05, 4.69) is 0 Å². The lowest BCUT2D eigenvalue weighted by molar-refractivity contribution is 0.0988. The van der Waals surface area contributed by atoms with E-state index in [9.17, 15) is 4.79 Å². The molecule has 1 aromatic rings. The van der Waals surface area contributed by atoms with Gasteiger partial charge in [-0.3, -0.25) is 4.79 Å². The predicted octanol–water partition coefficient (Wildman–Crippen LogP) is 3.24. The Kier molecular flexibility index (Phi) is 2.88. The number of hydrogen-bond donors (Lipinski definition) is 0. The van der Waals surface area contributed by atoms with Crippen molar-refractivity contribution < 1.29 is 4.79 Å². The zero-order chi connectivity index (χ0) is 9.14. The van der Waals surface area contributed by atoms with E-state index < -0.39 is 0 Å². The van der Waals surface area contributed by atoms with Gasteiger partial charge in [0.2, 0.25) is 0 Å². The second-order valence-electron chi connectivity index (χ2n) is 2.74. The lowest BCUT2D eigenvalue weighted by atomic mass is 10.1. The molecule has 0 saturated heterocycles. The van der Waals surface area contributed by atoms with E-state index in [0.29, 0.717) is 11.4 Å². The molecule has 0 aliphatic heterocycles. The van der Waals surface area contributed by atoms with Gasteiger partial charge >= 0.3 is 0 Å². The zero-order valence-electron chi connectivity index (χ0n) is 7.23. The van der Waals surface area contributed by atoms with E-state index >= 15 is 0 Å². The second kappa shape index (κ2) is 3.72. The van der Waals surface area contributed by atoms with Gasteiger partial charge in [0, 0.05) is 17.0 Å². The fourth-order valence-electron chi connectivity index (χ4n) is 1.02. The van der Waals surface area contributed by atoms with Gasteiger partial charge in [-0.25, -0.2) is 0 Å². The predicted molar refractivity (Wildman–Crippen MR) is 50.8 cm³/mol. The number of Topliss-reactive ketones (excluding diaryl/α,β-unsaturated/α-hetero) is 1. The summed E-state index contributed by atoms with van der Waals surface area (Å²) in [5, 5.41) is 0.711. The number of halogens is 1. The third kappa shape index (κ3) is 1.86. The minimum absolute atomic E-state index is 0.162. The Labute approximate surface area is 77.4 Å². The van der Waals surface area contributed by atoms with Gasteiger partial charge < -0.3 is 0 Å². The molecule has 0 aliphatic rings. The van der Waals surface area contributed by atoms with Gasteiger partial charge in [0.15, 0.2) is 5.78 Å². The number of ketones is 1.